The van der Waals surface area contributed by atoms with Crippen LogP contribution in [-0.4, -0.2) is 45.8 Å². The smallest absolute Gasteiger partial charge is 0.451 e. The number of rotatable bonds is 4. The van der Waals surface area contributed by atoms with E-state index < -0.39 is 17.6 Å². The van der Waals surface area contributed by atoms with E-state index in [9.17, 15) is 18.0 Å². The molecule has 10 heteroatoms. The summed E-state index contributed by atoms with van der Waals surface area (Å²) in [5.41, 5.74) is 0.00398. The Labute approximate surface area is 165 Å². The van der Waals surface area contributed by atoms with Gasteiger partial charge in [-0.1, -0.05) is 0 Å². The molecule has 1 aromatic heterocycles. The molecule has 1 N–H and O–H groups in total. The average Bonchev–Trinajstić information content (AvgIpc) is 2.57. The van der Waals surface area contributed by atoms with Gasteiger partial charge in [-0.15, -0.1) is 0 Å². The van der Waals surface area contributed by atoms with Crippen molar-refractivity contribution in [2.75, 3.05) is 18.4 Å². The van der Waals surface area contributed by atoms with Gasteiger partial charge in [0.25, 0.3) is 0 Å². The fourth-order valence-electron chi connectivity index (χ4n) is 2.51. The van der Waals surface area contributed by atoms with Crippen LogP contribution in [0, 0.1) is 0 Å². The van der Waals surface area contributed by atoms with Crippen LogP contribution in [0.1, 0.15) is 26.6 Å². The number of ether oxygens (including phenoxy) is 2. The maximum atomic E-state index is 12.7. The van der Waals surface area contributed by atoms with E-state index >= 15 is 0 Å². The summed E-state index contributed by atoms with van der Waals surface area (Å²) in [6.45, 7) is 6.27. The van der Waals surface area contributed by atoms with Crippen LogP contribution in [0.15, 0.2) is 36.5 Å². The second kappa shape index (κ2) is 7.76. The number of carbonyl (C=O) groups is 1. The standard InChI is InChI=1S/C19H21F3N4O3/c1-18(2,3)29-17(27)26-10-14(11-26)28-13-6-4-12(5-7-13)24-15-8-9-23-16(25-15)19(20,21)22/h4-9,14H,10-11H2,1-3H3,(H,23,24,25). The summed E-state index contributed by atoms with van der Waals surface area (Å²) in [6.07, 6.45) is -4.08. The van der Waals surface area contributed by atoms with Crippen molar-refractivity contribution in [1.82, 2.24) is 14.9 Å². The number of likely N-dealkylation sites (tertiary alicyclic amines) is 1. The minimum absolute atomic E-state index is 0.0352. The highest BCUT2D eigenvalue weighted by Crippen LogP contribution is 2.27. The first kappa shape index (κ1) is 20.7. The predicted molar refractivity (Wildman–Crippen MR) is 99.0 cm³/mol. The number of amides is 1. The Balaban J connectivity index is 1.51. The number of aromatic nitrogens is 2. The molecule has 0 radical (unpaired) electrons. The third-order valence-electron chi connectivity index (χ3n) is 3.84. The minimum Gasteiger partial charge on any atom is -0.487 e. The van der Waals surface area contributed by atoms with Gasteiger partial charge in [-0.25, -0.2) is 14.8 Å². The van der Waals surface area contributed by atoms with Crippen LogP contribution >= 0.6 is 0 Å². The van der Waals surface area contributed by atoms with Crippen molar-refractivity contribution in [3.63, 3.8) is 0 Å². The molecule has 1 saturated heterocycles. The van der Waals surface area contributed by atoms with E-state index in [-0.39, 0.29) is 18.0 Å². The Hall–Kier alpha value is -3.04. The van der Waals surface area contributed by atoms with Crippen LogP contribution < -0.4 is 10.1 Å². The first-order chi connectivity index (χ1) is 13.5. The Morgan fingerprint density at radius 2 is 1.79 bits per heavy atom. The van der Waals surface area contributed by atoms with Gasteiger partial charge in [0, 0.05) is 11.9 Å². The number of benzene rings is 1. The van der Waals surface area contributed by atoms with E-state index in [1.807, 2.05) is 0 Å². The molecule has 0 saturated carbocycles. The Bertz CT molecular complexity index is 860. The van der Waals surface area contributed by atoms with E-state index in [2.05, 4.69) is 15.3 Å². The molecular formula is C19H21F3N4O3. The lowest BCUT2D eigenvalue weighted by Gasteiger charge is -2.39. The summed E-state index contributed by atoms with van der Waals surface area (Å²) in [7, 11) is 0. The van der Waals surface area contributed by atoms with Gasteiger partial charge in [0.1, 0.15) is 23.3 Å². The fraction of sp³-hybridized carbons (Fsp3) is 0.421. The molecule has 2 aromatic rings. The van der Waals surface area contributed by atoms with E-state index in [0.29, 0.717) is 24.5 Å². The number of hydrogen-bond donors (Lipinski definition) is 1. The van der Waals surface area contributed by atoms with Crippen LogP contribution in [0.4, 0.5) is 29.5 Å². The lowest BCUT2D eigenvalue weighted by molar-refractivity contribution is -0.144. The topological polar surface area (TPSA) is 76.6 Å². The van der Waals surface area contributed by atoms with Gasteiger partial charge >= 0.3 is 12.3 Å². The van der Waals surface area contributed by atoms with Crippen molar-refractivity contribution in [2.24, 2.45) is 0 Å². The quantitative estimate of drug-likeness (QED) is 0.813. The molecule has 2 heterocycles. The third-order valence-corrected chi connectivity index (χ3v) is 3.84. The number of anilines is 2. The summed E-state index contributed by atoms with van der Waals surface area (Å²) >= 11 is 0. The van der Waals surface area contributed by atoms with Crippen molar-refractivity contribution in [2.45, 2.75) is 38.7 Å². The lowest BCUT2D eigenvalue weighted by Crippen LogP contribution is -2.57. The molecule has 1 aliphatic heterocycles. The zero-order valence-corrected chi connectivity index (χ0v) is 16.2. The highest BCUT2D eigenvalue weighted by molar-refractivity contribution is 5.69. The molecular weight excluding hydrogens is 389 g/mol. The molecule has 0 atom stereocenters. The predicted octanol–water partition coefficient (Wildman–Crippen LogP) is 4.24. The van der Waals surface area contributed by atoms with Gasteiger partial charge in [0.2, 0.25) is 5.82 Å². The number of nitrogens with one attached hydrogen (secondary N) is 1. The number of halogens is 3. The van der Waals surface area contributed by atoms with Gasteiger partial charge in [0.05, 0.1) is 13.1 Å². The van der Waals surface area contributed by atoms with E-state index in [4.69, 9.17) is 9.47 Å². The van der Waals surface area contributed by atoms with Crippen molar-refractivity contribution < 1.29 is 27.4 Å². The average molecular weight is 410 g/mol. The van der Waals surface area contributed by atoms with Gasteiger partial charge in [-0.2, -0.15) is 13.2 Å². The Morgan fingerprint density at radius 3 is 2.38 bits per heavy atom. The third kappa shape index (κ3) is 5.72. The van der Waals surface area contributed by atoms with Gasteiger partial charge < -0.3 is 19.7 Å². The van der Waals surface area contributed by atoms with Crippen LogP contribution in [0.3, 0.4) is 0 Å². The van der Waals surface area contributed by atoms with Crippen molar-refractivity contribution in [3.8, 4) is 5.75 Å². The largest absolute Gasteiger partial charge is 0.487 e. The second-order valence-corrected chi connectivity index (χ2v) is 7.54. The summed E-state index contributed by atoms with van der Waals surface area (Å²) in [5.74, 6) is -0.585. The van der Waals surface area contributed by atoms with Crippen LogP contribution in [0.5, 0.6) is 5.75 Å². The normalized spacial score (nSPS) is 14.9. The number of nitrogens with zero attached hydrogens (tertiary/aromatic N) is 3. The van der Waals surface area contributed by atoms with Crippen LogP contribution in [0.25, 0.3) is 0 Å². The van der Waals surface area contributed by atoms with Crippen LogP contribution in [-0.2, 0) is 10.9 Å². The van der Waals surface area contributed by atoms with Crippen molar-refractivity contribution in [1.29, 1.82) is 0 Å². The number of alkyl halides is 3. The van der Waals surface area contributed by atoms with Crippen molar-refractivity contribution in [3.05, 3.63) is 42.4 Å². The fourth-order valence-corrected chi connectivity index (χ4v) is 2.51. The maximum absolute atomic E-state index is 12.7. The monoisotopic (exact) mass is 410 g/mol. The zero-order chi connectivity index (χ0) is 21.2. The maximum Gasteiger partial charge on any atom is 0.451 e. The zero-order valence-electron chi connectivity index (χ0n) is 16.2. The molecule has 0 aliphatic carbocycles. The molecule has 0 bridgehead atoms. The highest BCUT2D eigenvalue weighted by atomic mass is 19.4. The number of carbonyl (C=O) groups excluding carboxylic acids is 1. The lowest BCUT2D eigenvalue weighted by atomic mass is 10.1. The minimum atomic E-state index is -4.61. The highest BCUT2D eigenvalue weighted by Gasteiger charge is 2.35. The van der Waals surface area contributed by atoms with Crippen molar-refractivity contribution >= 4 is 17.6 Å². The van der Waals surface area contributed by atoms with E-state index in [1.165, 1.54) is 6.07 Å². The molecule has 1 fully saturated rings. The molecule has 29 heavy (non-hydrogen) atoms. The second-order valence-electron chi connectivity index (χ2n) is 7.54. The van der Waals surface area contributed by atoms with E-state index in [0.717, 1.165) is 6.20 Å². The molecule has 3 rings (SSSR count). The first-order valence-electron chi connectivity index (χ1n) is 8.91. The van der Waals surface area contributed by atoms with E-state index in [1.54, 1.807) is 49.9 Å². The summed E-state index contributed by atoms with van der Waals surface area (Å²) < 4.78 is 49.1. The Kier molecular flexibility index (Phi) is 5.54. The Morgan fingerprint density at radius 1 is 1.14 bits per heavy atom. The molecule has 156 valence electrons. The molecule has 0 unspecified atom stereocenters. The van der Waals surface area contributed by atoms with Crippen LogP contribution in [0.2, 0.25) is 0 Å². The molecule has 1 aliphatic rings. The summed E-state index contributed by atoms with van der Waals surface area (Å²) in [6, 6.07) is 8.04. The van der Waals surface area contributed by atoms with Gasteiger partial charge in [-0.05, 0) is 51.1 Å². The molecule has 7 nitrogen and oxygen atoms in total. The summed E-state index contributed by atoms with van der Waals surface area (Å²) in [5, 5.41) is 2.79. The summed E-state index contributed by atoms with van der Waals surface area (Å²) in [4.78, 5) is 20.1. The molecule has 1 aromatic carbocycles. The van der Waals surface area contributed by atoms with Gasteiger partial charge in [0.15, 0.2) is 0 Å². The number of hydrogen-bond acceptors (Lipinski definition) is 6. The SMILES string of the molecule is CC(C)(C)OC(=O)N1CC(Oc2ccc(Nc3ccnc(C(F)(F)F)n3)cc2)C1. The van der Waals surface area contributed by atoms with Gasteiger partial charge in [-0.3, -0.25) is 0 Å². The molecule has 1 amide bonds. The first-order valence-corrected chi connectivity index (χ1v) is 8.91. The molecule has 0 spiro atoms.